The highest BCUT2D eigenvalue weighted by Crippen LogP contribution is 2.30. The number of benzene rings is 1. The van der Waals surface area contributed by atoms with E-state index in [2.05, 4.69) is 14.7 Å². The minimum absolute atomic E-state index is 0.0621. The molecule has 1 N–H and O–H groups in total. The van der Waals surface area contributed by atoms with Crippen LogP contribution in [-0.2, 0) is 0 Å². The Kier molecular flexibility index (Phi) is 2.90. The summed E-state index contributed by atoms with van der Waals surface area (Å²) in [6.07, 6.45) is 2.34. The van der Waals surface area contributed by atoms with Crippen molar-refractivity contribution >= 4 is 22.4 Å². The van der Waals surface area contributed by atoms with Gasteiger partial charge in [0.05, 0.1) is 4.92 Å². The van der Waals surface area contributed by atoms with E-state index >= 15 is 0 Å². The maximum Gasteiger partial charge on any atom is 0.270 e. The number of rotatable bonds is 4. The average Bonchev–Trinajstić information content (AvgIpc) is 3.06. The van der Waals surface area contributed by atoms with Crippen LogP contribution < -0.4 is 5.32 Å². The fourth-order valence-corrected chi connectivity index (χ4v) is 2.42. The molecule has 1 fully saturated rings. The number of nitrogens with one attached hydrogen (secondary N) is 1. The summed E-state index contributed by atoms with van der Waals surface area (Å²) in [6.45, 7) is 1.90. The highest BCUT2D eigenvalue weighted by molar-refractivity contribution is 7.09. The van der Waals surface area contributed by atoms with E-state index in [-0.39, 0.29) is 5.69 Å². The Hall–Kier alpha value is -2.02. The zero-order chi connectivity index (χ0) is 13.4. The fourth-order valence-electron chi connectivity index (χ4n) is 1.76. The van der Waals surface area contributed by atoms with E-state index in [1.165, 1.54) is 36.5 Å². The van der Waals surface area contributed by atoms with E-state index in [0.717, 1.165) is 10.7 Å². The molecular weight excluding hydrogens is 264 g/mol. The standard InChI is InChI=1S/C12H12N4O2S/c1-7-2-5-9(16(17)18)6-10(7)11-14-12(19-15-11)13-8-3-4-8/h2,5-6,8H,3-4H2,1H3,(H,13,14,15). The molecule has 2 aromatic rings. The molecule has 0 aliphatic heterocycles. The molecule has 0 bridgehead atoms. The lowest BCUT2D eigenvalue weighted by molar-refractivity contribution is -0.384. The summed E-state index contributed by atoms with van der Waals surface area (Å²) in [7, 11) is 0. The van der Waals surface area contributed by atoms with Gasteiger partial charge in [-0.1, -0.05) is 6.07 Å². The zero-order valence-electron chi connectivity index (χ0n) is 10.3. The van der Waals surface area contributed by atoms with Crippen LogP contribution in [0.4, 0.5) is 10.8 Å². The van der Waals surface area contributed by atoms with Crippen molar-refractivity contribution in [1.29, 1.82) is 0 Å². The van der Waals surface area contributed by atoms with Crippen molar-refractivity contribution in [2.75, 3.05) is 5.32 Å². The van der Waals surface area contributed by atoms with Crippen molar-refractivity contribution in [2.24, 2.45) is 0 Å². The van der Waals surface area contributed by atoms with Gasteiger partial charge in [-0.3, -0.25) is 10.1 Å². The Labute approximate surface area is 113 Å². The Morgan fingerprint density at radius 3 is 2.95 bits per heavy atom. The van der Waals surface area contributed by atoms with Gasteiger partial charge in [0.15, 0.2) is 5.82 Å². The number of non-ortho nitro benzene ring substituents is 1. The lowest BCUT2D eigenvalue weighted by atomic mass is 10.1. The van der Waals surface area contributed by atoms with Crippen molar-refractivity contribution in [1.82, 2.24) is 9.36 Å². The van der Waals surface area contributed by atoms with Crippen LogP contribution in [0.1, 0.15) is 18.4 Å². The molecule has 1 aromatic heterocycles. The molecule has 1 aromatic carbocycles. The highest BCUT2D eigenvalue weighted by atomic mass is 32.1. The van der Waals surface area contributed by atoms with Gasteiger partial charge in [0, 0.05) is 35.3 Å². The molecular formula is C12H12N4O2S. The summed E-state index contributed by atoms with van der Waals surface area (Å²) < 4.78 is 4.27. The van der Waals surface area contributed by atoms with Gasteiger partial charge < -0.3 is 5.32 Å². The number of aromatic nitrogens is 2. The monoisotopic (exact) mass is 276 g/mol. The van der Waals surface area contributed by atoms with Gasteiger partial charge in [-0.2, -0.15) is 9.36 Å². The molecule has 1 saturated carbocycles. The van der Waals surface area contributed by atoms with Crippen LogP contribution in [0.3, 0.4) is 0 Å². The number of nitro benzene ring substituents is 1. The van der Waals surface area contributed by atoms with E-state index < -0.39 is 4.92 Å². The van der Waals surface area contributed by atoms with Crippen LogP contribution in [-0.4, -0.2) is 20.3 Å². The number of anilines is 1. The minimum atomic E-state index is -0.404. The van der Waals surface area contributed by atoms with Gasteiger partial charge in [-0.05, 0) is 25.3 Å². The average molecular weight is 276 g/mol. The SMILES string of the molecule is Cc1ccc([N+](=O)[O-])cc1-c1nsc(NC2CC2)n1. The molecule has 6 nitrogen and oxygen atoms in total. The summed E-state index contributed by atoms with van der Waals surface area (Å²) in [4.78, 5) is 14.8. The van der Waals surface area contributed by atoms with Gasteiger partial charge in [0.25, 0.3) is 5.69 Å². The van der Waals surface area contributed by atoms with Crippen LogP contribution in [0.15, 0.2) is 18.2 Å². The van der Waals surface area contributed by atoms with Crippen LogP contribution in [0, 0.1) is 17.0 Å². The number of hydrogen-bond donors (Lipinski definition) is 1. The third kappa shape index (κ3) is 2.55. The van der Waals surface area contributed by atoms with Crippen molar-refractivity contribution in [3.05, 3.63) is 33.9 Å². The van der Waals surface area contributed by atoms with Gasteiger partial charge in [-0.25, -0.2) is 0 Å². The van der Waals surface area contributed by atoms with Crippen molar-refractivity contribution in [3.8, 4) is 11.4 Å². The summed E-state index contributed by atoms with van der Waals surface area (Å²) >= 11 is 1.29. The molecule has 0 amide bonds. The fraction of sp³-hybridized carbons (Fsp3) is 0.333. The summed E-state index contributed by atoms with van der Waals surface area (Å²) in [5, 5.41) is 14.9. The Balaban J connectivity index is 1.93. The van der Waals surface area contributed by atoms with E-state index in [1.807, 2.05) is 6.92 Å². The first kappa shape index (κ1) is 12.0. The van der Waals surface area contributed by atoms with E-state index in [9.17, 15) is 10.1 Å². The minimum Gasteiger partial charge on any atom is -0.358 e. The number of aryl methyl sites for hydroxylation is 1. The first-order valence-corrected chi connectivity index (χ1v) is 6.76. The molecule has 3 rings (SSSR count). The van der Waals surface area contributed by atoms with Crippen LogP contribution in [0.5, 0.6) is 0 Å². The molecule has 0 atom stereocenters. The first-order valence-electron chi connectivity index (χ1n) is 5.99. The largest absolute Gasteiger partial charge is 0.358 e. The van der Waals surface area contributed by atoms with Crippen molar-refractivity contribution in [2.45, 2.75) is 25.8 Å². The molecule has 0 spiro atoms. The Morgan fingerprint density at radius 2 is 2.26 bits per heavy atom. The molecule has 1 heterocycles. The summed E-state index contributed by atoms with van der Waals surface area (Å²) in [5.41, 5.74) is 1.71. The first-order chi connectivity index (χ1) is 9.13. The molecule has 1 aliphatic carbocycles. The van der Waals surface area contributed by atoms with E-state index in [4.69, 9.17) is 0 Å². The van der Waals surface area contributed by atoms with Crippen molar-refractivity contribution < 1.29 is 4.92 Å². The smallest absolute Gasteiger partial charge is 0.270 e. The maximum atomic E-state index is 10.8. The second-order valence-corrected chi connectivity index (χ2v) is 5.35. The van der Waals surface area contributed by atoms with Gasteiger partial charge in [-0.15, -0.1) is 0 Å². The van der Waals surface area contributed by atoms with Gasteiger partial charge in [0.1, 0.15) is 0 Å². The van der Waals surface area contributed by atoms with Crippen LogP contribution in [0.2, 0.25) is 0 Å². The highest BCUT2D eigenvalue weighted by Gasteiger charge is 2.23. The quantitative estimate of drug-likeness (QED) is 0.685. The Morgan fingerprint density at radius 1 is 1.47 bits per heavy atom. The third-order valence-electron chi connectivity index (χ3n) is 3.00. The summed E-state index contributed by atoms with van der Waals surface area (Å²) in [5.74, 6) is 0.550. The molecule has 0 unspecified atom stereocenters. The number of hydrogen-bond acceptors (Lipinski definition) is 6. The zero-order valence-corrected chi connectivity index (χ0v) is 11.1. The van der Waals surface area contributed by atoms with E-state index in [0.29, 0.717) is 17.4 Å². The molecule has 0 radical (unpaired) electrons. The van der Waals surface area contributed by atoms with Crippen molar-refractivity contribution in [3.63, 3.8) is 0 Å². The lowest BCUT2D eigenvalue weighted by Gasteiger charge is -2.01. The Bertz CT molecular complexity index is 636. The lowest BCUT2D eigenvalue weighted by Crippen LogP contribution is -1.99. The maximum absolute atomic E-state index is 10.8. The molecule has 98 valence electrons. The molecule has 1 aliphatic rings. The third-order valence-corrected chi connectivity index (χ3v) is 3.65. The predicted octanol–water partition coefficient (Wildman–Crippen LogP) is 3.00. The van der Waals surface area contributed by atoms with Gasteiger partial charge in [0.2, 0.25) is 5.13 Å². The van der Waals surface area contributed by atoms with E-state index in [1.54, 1.807) is 6.07 Å². The number of nitrogens with zero attached hydrogens (tertiary/aromatic N) is 3. The second-order valence-electron chi connectivity index (χ2n) is 4.60. The topological polar surface area (TPSA) is 81.0 Å². The molecule has 7 heteroatoms. The summed E-state index contributed by atoms with van der Waals surface area (Å²) in [6, 6.07) is 5.27. The normalized spacial score (nSPS) is 14.4. The predicted molar refractivity (Wildman–Crippen MR) is 73.4 cm³/mol. The van der Waals surface area contributed by atoms with Crippen LogP contribution in [0.25, 0.3) is 11.4 Å². The van der Waals surface area contributed by atoms with Crippen LogP contribution >= 0.6 is 11.5 Å². The number of nitro groups is 1. The molecule has 0 saturated heterocycles. The second kappa shape index (κ2) is 4.58. The van der Waals surface area contributed by atoms with Gasteiger partial charge >= 0.3 is 0 Å². The molecule has 19 heavy (non-hydrogen) atoms.